The molecular formula is C8H17N3O2. The molecule has 1 atom stereocenters. The second kappa shape index (κ2) is 3.93. The normalized spacial score (nSPS) is 32.0. The lowest BCUT2D eigenvalue weighted by molar-refractivity contribution is -0.0106. The van der Waals surface area contributed by atoms with E-state index in [4.69, 9.17) is 10.9 Å². The second-order valence-electron chi connectivity index (χ2n) is 3.90. The Balaban J connectivity index is 2.43. The highest BCUT2D eigenvalue weighted by molar-refractivity contribution is 5.81. The van der Waals surface area contributed by atoms with Crippen LogP contribution in [0.4, 0.5) is 0 Å². The van der Waals surface area contributed by atoms with Gasteiger partial charge in [-0.2, -0.15) is 0 Å². The molecule has 0 aromatic carbocycles. The molecule has 0 bridgehead atoms. The maximum Gasteiger partial charge on any atom is 0.153 e. The Labute approximate surface area is 77.8 Å². The zero-order valence-corrected chi connectivity index (χ0v) is 7.90. The van der Waals surface area contributed by atoms with Gasteiger partial charge in [0, 0.05) is 6.54 Å². The lowest BCUT2D eigenvalue weighted by atomic mass is 9.95. The van der Waals surface area contributed by atoms with Gasteiger partial charge in [-0.15, -0.1) is 0 Å². The Bertz CT molecular complexity index is 204. The number of β-amino-alcohol motifs (C(OH)–C–C–N with tert-alkyl or cyclic N) is 1. The average Bonchev–Trinajstić information content (AvgIpc) is 2.02. The van der Waals surface area contributed by atoms with E-state index in [0.717, 1.165) is 19.4 Å². The number of nitrogens with zero attached hydrogens (tertiary/aromatic N) is 2. The van der Waals surface area contributed by atoms with E-state index in [9.17, 15) is 5.11 Å². The van der Waals surface area contributed by atoms with Crippen LogP contribution in [0.5, 0.6) is 0 Å². The summed E-state index contributed by atoms with van der Waals surface area (Å²) in [5.74, 6) is 0.192. The molecule has 1 saturated heterocycles. The van der Waals surface area contributed by atoms with Crippen LogP contribution in [0.2, 0.25) is 0 Å². The van der Waals surface area contributed by atoms with Crippen molar-refractivity contribution in [2.75, 3.05) is 19.6 Å². The van der Waals surface area contributed by atoms with Gasteiger partial charge in [0.1, 0.15) is 0 Å². The average molecular weight is 187 g/mol. The fourth-order valence-corrected chi connectivity index (χ4v) is 1.72. The number of hydrogen-bond acceptors (Lipinski definition) is 4. The third kappa shape index (κ3) is 3.20. The summed E-state index contributed by atoms with van der Waals surface area (Å²) in [5, 5.41) is 21.0. The van der Waals surface area contributed by atoms with Gasteiger partial charge in [0.25, 0.3) is 0 Å². The number of nitrogens with two attached hydrogens (primary N) is 1. The van der Waals surface area contributed by atoms with Gasteiger partial charge in [0.05, 0.1) is 12.1 Å². The smallest absolute Gasteiger partial charge is 0.153 e. The van der Waals surface area contributed by atoms with Crippen molar-refractivity contribution in [1.82, 2.24) is 4.90 Å². The van der Waals surface area contributed by atoms with Crippen LogP contribution < -0.4 is 5.73 Å². The van der Waals surface area contributed by atoms with Crippen molar-refractivity contribution < 1.29 is 10.3 Å². The van der Waals surface area contributed by atoms with Gasteiger partial charge in [0.2, 0.25) is 0 Å². The highest BCUT2D eigenvalue weighted by Gasteiger charge is 2.28. The third-order valence-corrected chi connectivity index (χ3v) is 2.27. The van der Waals surface area contributed by atoms with Crippen LogP contribution in [0.1, 0.15) is 19.8 Å². The van der Waals surface area contributed by atoms with Gasteiger partial charge in [0.15, 0.2) is 5.84 Å². The maximum atomic E-state index is 9.75. The molecule has 0 aromatic rings. The highest BCUT2D eigenvalue weighted by atomic mass is 16.4. The quantitative estimate of drug-likeness (QED) is 0.237. The summed E-state index contributed by atoms with van der Waals surface area (Å²) in [7, 11) is 0. The minimum Gasteiger partial charge on any atom is -0.409 e. The Morgan fingerprint density at radius 3 is 2.92 bits per heavy atom. The molecule has 1 aliphatic heterocycles. The molecule has 0 spiro atoms. The van der Waals surface area contributed by atoms with Gasteiger partial charge in [-0.05, 0) is 26.3 Å². The summed E-state index contributed by atoms with van der Waals surface area (Å²) < 4.78 is 0. The van der Waals surface area contributed by atoms with Crippen molar-refractivity contribution in [1.29, 1.82) is 0 Å². The first-order valence-electron chi connectivity index (χ1n) is 4.45. The van der Waals surface area contributed by atoms with Crippen LogP contribution in [0.25, 0.3) is 0 Å². The van der Waals surface area contributed by atoms with Crippen LogP contribution in [0.15, 0.2) is 5.16 Å². The Morgan fingerprint density at radius 2 is 2.38 bits per heavy atom. The molecule has 1 unspecified atom stereocenters. The Hall–Kier alpha value is -0.810. The first-order chi connectivity index (χ1) is 6.03. The molecule has 1 aliphatic rings. The zero-order valence-electron chi connectivity index (χ0n) is 7.90. The molecule has 0 radical (unpaired) electrons. The van der Waals surface area contributed by atoms with E-state index in [0.29, 0.717) is 13.1 Å². The molecule has 4 N–H and O–H groups in total. The SMILES string of the molecule is CC1(O)CCCN(CC(N)=NO)C1. The van der Waals surface area contributed by atoms with Gasteiger partial charge in [-0.25, -0.2) is 0 Å². The van der Waals surface area contributed by atoms with E-state index in [2.05, 4.69) is 5.16 Å². The van der Waals surface area contributed by atoms with Crippen LogP contribution in [0, 0.1) is 0 Å². The molecule has 1 heterocycles. The van der Waals surface area contributed by atoms with Crippen LogP contribution in [-0.2, 0) is 0 Å². The molecule has 0 saturated carbocycles. The number of likely N-dealkylation sites (tertiary alicyclic amines) is 1. The number of rotatable bonds is 2. The van der Waals surface area contributed by atoms with E-state index in [-0.39, 0.29) is 5.84 Å². The number of hydrogen-bond donors (Lipinski definition) is 3. The minimum atomic E-state index is -0.631. The zero-order chi connectivity index (χ0) is 9.90. The van der Waals surface area contributed by atoms with E-state index >= 15 is 0 Å². The first-order valence-corrected chi connectivity index (χ1v) is 4.45. The lowest BCUT2D eigenvalue weighted by Crippen LogP contribution is -2.48. The molecular weight excluding hydrogens is 170 g/mol. The molecule has 1 fully saturated rings. The summed E-state index contributed by atoms with van der Waals surface area (Å²) in [6.07, 6.45) is 1.77. The van der Waals surface area contributed by atoms with Gasteiger partial charge >= 0.3 is 0 Å². The second-order valence-corrected chi connectivity index (χ2v) is 3.90. The van der Waals surface area contributed by atoms with Crippen molar-refractivity contribution in [3.63, 3.8) is 0 Å². The summed E-state index contributed by atoms with van der Waals surface area (Å²) >= 11 is 0. The molecule has 5 nitrogen and oxygen atoms in total. The Kier molecular flexibility index (Phi) is 3.11. The summed E-state index contributed by atoms with van der Waals surface area (Å²) in [5.41, 5.74) is 4.74. The number of piperidine rings is 1. The van der Waals surface area contributed by atoms with Gasteiger partial charge < -0.3 is 16.0 Å². The van der Waals surface area contributed by atoms with E-state index in [1.165, 1.54) is 0 Å². The molecule has 0 aliphatic carbocycles. The molecule has 0 amide bonds. The van der Waals surface area contributed by atoms with Crippen molar-refractivity contribution in [2.24, 2.45) is 10.9 Å². The molecule has 1 rings (SSSR count). The van der Waals surface area contributed by atoms with Crippen LogP contribution >= 0.6 is 0 Å². The summed E-state index contributed by atoms with van der Waals surface area (Å²) in [4.78, 5) is 1.98. The van der Waals surface area contributed by atoms with Crippen LogP contribution in [-0.4, -0.2) is 46.3 Å². The topological polar surface area (TPSA) is 82.1 Å². The monoisotopic (exact) mass is 187 g/mol. The van der Waals surface area contributed by atoms with Crippen molar-refractivity contribution in [3.05, 3.63) is 0 Å². The maximum absolute atomic E-state index is 9.75. The Morgan fingerprint density at radius 1 is 1.69 bits per heavy atom. The number of amidine groups is 1. The molecule has 76 valence electrons. The fraction of sp³-hybridized carbons (Fsp3) is 0.875. The highest BCUT2D eigenvalue weighted by Crippen LogP contribution is 2.19. The van der Waals surface area contributed by atoms with Gasteiger partial charge in [-0.1, -0.05) is 5.16 Å². The summed E-state index contributed by atoms with van der Waals surface area (Å²) in [6.45, 7) is 3.72. The standard InChI is InChI=1S/C8H17N3O2/c1-8(12)3-2-4-11(6-8)5-7(9)10-13/h12-13H,2-6H2,1H3,(H2,9,10). The van der Waals surface area contributed by atoms with Crippen molar-refractivity contribution >= 4 is 5.84 Å². The molecule has 5 heteroatoms. The largest absolute Gasteiger partial charge is 0.409 e. The van der Waals surface area contributed by atoms with Crippen molar-refractivity contribution in [3.8, 4) is 0 Å². The number of aliphatic hydroxyl groups is 1. The summed E-state index contributed by atoms with van der Waals surface area (Å²) in [6, 6.07) is 0. The van der Waals surface area contributed by atoms with E-state index in [1.54, 1.807) is 0 Å². The predicted molar refractivity (Wildman–Crippen MR) is 49.7 cm³/mol. The fourth-order valence-electron chi connectivity index (χ4n) is 1.72. The first kappa shape index (κ1) is 10.3. The number of oxime groups is 1. The molecule has 13 heavy (non-hydrogen) atoms. The molecule has 0 aromatic heterocycles. The van der Waals surface area contributed by atoms with E-state index < -0.39 is 5.60 Å². The minimum absolute atomic E-state index is 0.192. The van der Waals surface area contributed by atoms with Crippen molar-refractivity contribution in [2.45, 2.75) is 25.4 Å². The predicted octanol–water partition coefficient (Wildman–Crippen LogP) is -0.420. The third-order valence-electron chi connectivity index (χ3n) is 2.27. The van der Waals surface area contributed by atoms with Crippen LogP contribution in [0.3, 0.4) is 0 Å². The van der Waals surface area contributed by atoms with E-state index in [1.807, 2.05) is 11.8 Å². The van der Waals surface area contributed by atoms with Gasteiger partial charge in [-0.3, -0.25) is 4.90 Å². The lowest BCUT2D eigenvalue weighted by Gasteiger charge is -2.36.